The fourth-order valence-corrected chi connectivity index (χ4v) is 4.94. The zero-order valence-corrected chi connectivity index (χ0v) is 26.8. The lowest BCUT2D eigenvalue weighted by Crippen LogP contribution is -2.46. The van der Waals surface area contributed by atoms with Crippen molar-refractivity contribution in [1.29, 1.82) is 0 Å². The molecule has 1 fully saturated rings. The summed E-state index contributed by atoms with van der Waals surface area (Å²) >= 11 is 0. The first-order valence-electron chi connectivity index (χ1n) is 14.8. The molecule has 1 atom stereocenters. The van der Waals surface area contributed by atoms with Gasteiger partial charge in [0.15, 0.2) is 0 Å². The predicted octanol–water partition coefficient (Wildman–Crippen LogP) is 5.07. The van der Waals surface area contributed by atoms with Gasteiger partial charge in [-0.3, -0.25) is 20.3 Å². The summed E-state index contributed by atoms with van der Waals surface area (Å²) in [5, 5.41) is 9.61. The molecule has 0 bridgehead atoms. The number of halogens is 3. The summed E-state index contributed by atoms with van der Waals surface area (Å²) in [5.41, 5.74) is 0.664. The first-order valence-corrected chi connectivity index (χ1v) is 14.8. The molecule has 0 saturated carbocycles. The SMILES string of the molecule is CON(C)C(=O)c1ccc(NCC#Cc2cn3cc(NC(=O)OC(C)(C)C)cc(C(NC4CCN(C)CC4)C(F)(F)F)c3n2)cc1. The summed E-state index contributed by atoms with van der Waals surface area (Å²) in [6.07, 6.45) is -1.31. The van der Waals surface area contributed by atoms with E-state index < -0.39 is 23.9 Å². The third-order valence-corrected chi connectivity index (χ3v) is 7.27. The van der Waals surface area contributed by atoms with E-state index in [1.807, 2.05) is 7.05 Å². The number of ether oxygens (including phenoxy) is 1. The predicted molar refractivity (Wildman–Crippen MR) is 168 cm³/mol. The molecule has 1 aliphatic heterocycles. The molecule has 248 valence electrons. The molecule has 2 amide bonds. The minimum Gasteiger partial charge on any atom is -0.444 e. The Hall–Kier alpha value is -4.32. The topological polar surface area (TPSA) is 112 Å². The van der Waals surface area contributed by atoms with Crippen LogP contribution in [0.2, 0.25) is 0 Å². The van der Waals surface area contributed by atoms with Crippen LogP contribution in [0.5, 0.6) is 0 Å². The number of hydrogen-bond acceptors (Lipinski definition) is 8. The van der Waals surface area contributed by atoms with E-state index in [4.69, 9.17) is 9.57 Å². The summed E-state index contributed by atoms with van der Waals surface area (Å²) in [6, 6.07) is 5.65. The van der Waals surface area contributed by atoms with Gasteiger partial charge in [-0.25, -0.2) is 14.8 Å². The number of hydrogen-bond donors (Lipinski definition) is 3. The number of alkyl halides is 3. The number of fused-ring (bicyclic) bond motifs is 1. The molecule has 0 spiro atoms. The van der Waals surface area contributed by atoms with Gasteiger partial charge in [-0.1, -0.05) is 5.92 Å². The van der Waals surface area contributed by atoms with Gasteiger partial charge >= 0.3 is 12.3 Å². The lowest BCUT2D eigenvalue weighted by Gasteiger charge is -2.33. The molecule has 0 aliphatic carbocycles. The fraction of sp³-hybridized carbons (Fsp3) is 0.469. The Morgan fingerprint density at radius 3 is 2.39 bits per heavy atom. The number of likely N-dealkylation sites (tertiary alicyclic amines) is 1. The second kappa shape index (κ2) is 14.4. The van der Waals surface area contributed by atoms with E-state index in [1.165, 1.54) is 37.0 Å². The lowest BCUT2D eigenvalue weighted by atomic mass is 10.0. The van der Waals surface area contributed by atoms with Crippen LogP contribution in [0.4, 0.5) is 29.3 Å². The molecule has 1 unspecified atom stereocenters. The largest absolute Gasteiger partial charge is 0.444 e. The van der Waals surface area contributed by atoms with E-state index in [9.17, 15) is 22.8 Å². The van der Waals surface area contributed by atoms with E-state index >= 15 is 0 Å². The van der Waals surface area contributed by atoms with Crippen molar-refractivity contribution >= 4 is 29.0 Å². The molecular weight excluding hydrogens is 603 g/mol. The molecular formula is C32H40F3N7O4. The van der Waals surface area contributed by atoms with E-state index in [0.29, 0.717) is 37.2 Å². The van der Waals surface area contributed by atoms with E-state index in [2.05, 4.69) is 37.7 Å². The van der Waals surface area contributed by atoms with Crippen LogP contribution in [0.1, 0.15) is 61.3 Å². The van der Waals surface area contributed by atoms with Gasteiger partial charge in [0.2, 0.25) is 0 Å². The molecule has 1 aromatic carbocycles. The summed E-state index contributed by atoms with van der Waals surface area (Å²) in [6.45, 7) is 6.66. The smallest absolute Gasteiger partial charge is 0.412 e. The maximum atomic E-state index is 14.6. The van der Waals surface area contributed by atoms with Crippen LogP contribution in [0.15, 0.2) is 42.7 Å². The highest BCUT2D eigenvalue weighted by Crippen LogP contribution is 2.37. The van der Waals surface area contributed by atoms with Crippen molar-refractivity contribution in [3.63, 3.8) is 0 Å². The normalized spacial score (nSPS) is 15.2. The molecule has 2 aromatic heterocycles. The monoisotopic (exact) mass is 643 g/mol. The second-order valence-corrected chi connectivity index (χ2v) is 12.1. The lowest BCUT2D eigenvalue weighted by molar-refractivity contribution is -0.160. The molecule has 1 saturated heterocycles. The Morgan fingerprint density at radius 1 is 1.11 bits per heavy atom. The molecule has 0 radical (unpaired) electrons. The Morgan fingerprint density at radius 2 is 1.78 bits per heavy atom. The number of amides is 2. The van der Waals surface area contributed by atoms with Gasteiger partial charge in [0.05, 0.1) is 19.3 Å². The van der Waals surface area contributed by atoms with Crippen LogP contribution in [-0.4, -0.2) is 90.0 Å². The molecule has 14 heteroatoms. The Kier molecular flexibility index (Phi) is 10.8. The van der Waals surface area contributed by atoms with Crippen LogP contribution < -0.4 is 16.0 Å². The number of imidazole rings is 1. The number of carbonyl (C=O) groups excluding carboxylic acids is 2. The number of hydroxylamine groups is 2. The van der Waals surface area contributed by atoms with Gasteiger partial charge in [0.1, 0.15) is 23.0 Å². The zero-order valence-electron chi connectivity index (χ0n) is 26.8. The molecule has 3 aromatic rings. The standard InChI is InChI=1S/C32H40F3N7O4/c1-31(2,3)46-30(44)39-25-18-26(27(32(33,34)35)37-23-13-16-40(4)17-14-23)28-38-24(19-42(28)20-25)8-7-15-36-22-11-9-21(10-12-22)29(43)41(5)45-6/h9-12,18-20,23,27,36-37H,13-17H2,1-6H3,(H,39,44). The van der Waals surface area contributed by atoms with Crippen molar-refractivity contribution in [3.05, 3.63) is 59.5 Å². The van der Waals surface area contributed by atoms with Gasteiger partial charge in [0, 0.05) is 42.3 Å². The van der Waals surface area contributed by atoms with E-state index in [-0.39, 0.29) is 41.1 Å². The Labute approximate surface area is 266 Å². The first kappa shape index (κ1) is 34.6. The highest BCUT2D eigenvalue weighted by molar-refractivity contribution is 5.93. The summed E-state index contributed by atoms with van der Waals surface area (Å²) in [4.78, 5) is 36.2. The van der Waals surface area contributed by atoms with Crippen LogP contribution in [0.25, 0.3) is 5.65 Å². The van der Waals surface area contributed by atoms with Crippen LogP contribution in [0.3, 0.4) is 0 Å². The molecule has 11 nitrogen and oxygen atoms in total. The summed E-state index contributed by atoms with van der Waals surface area (Å²) in [7, 11) is 4.86. The molecule has 1 aliphatic rings. The third kappa shape index (κ3) is 9.35. The van der Waals surface area contributed by atoms with Gasteiger partial charge in [-0.05, 0) is 90.0 Å². The van der Waals surface area contributed by atoms with Gasteiger partial charge in [-0.15, -0.1) is 0 Å². The van der Waals surface area contributed by atoms with Crippen LogP contribution >= 0.6 is 0 Å². The Bertz CT molecular complexity index is 1580. The maximum Gasteiger partial charge on any atom is 0.412 e. The van der Waals surface area contributed by atoms with Crippen molar-refractivity contribution < 1.29 is 32.3 Å². The van der Waals surface area contributed by atoms with E-state index in [0.717, 1.165) is 5.06 Å². The van der Waals surface area contributed by atoms with Gasteiger partial charge in [0.25, 0.3) is 5.91 Å². The van der Waals surface area contributed by atoms with Crippen molar-refractivity contribution in [3.8, 4) is 11.8 Å². The number of benzene rings is 1. The second-order valence-electron chi connectivity index (χ2n) is 12.1. The van der Waals surface area contributed by atoms with Crippen molar-refractivity contribution in [2.45, 2.75) is 57.5 Å². The minimum absolute atomic E-state index is 0.0658. The fourth-order valence-electron chi connectivity index (χ4n) is 4.94. The van der Waals surface area contributed by atoms with E-state index in [1.54, 1.807) is 45.0 Å². The van der Waals surface area contributed by atoms with Crippen LogP contribution in [0, 0.1) is 11.8 Å². The van der Waals surface area contributed by atoms with Crippen molar-refractivity contribution in [2.75, 3.05) is 51.5 Å². The van der Waals surface area contributed by atoms with Gasteiger partial charge < -0.3 is 19.4 Å². The number of rotatable bonds is 8. The number of carbonyl (C=O) groups is 2. The average molecular weight is 644 g/mol. The number of nitrogens with zero attached hydrogens (tertiary/aromatic N) is 4. The minimum atomic E-state index is -4.64. The van der Waals surface area contributed by atoms with Crippen molar-refractivity contribution in [2.24, 2.45) is 0 Å². The van der Waals surface area contributed by atoms with Crippen molar-refractivity contribution in [1.82, 2.24) is 24.7 Å². The molecule has 3 N–H and O–H groups in total. The maximum absolute atomic E-state index is 14.6. The average Bonchev–Trinajstić information content (AvgIpc) is 3.39. The van der Waals surface area contributed by atoms with Gasteiger partial charge in [-0.2, -0.15) is 13.2 Å². The Balaban J connectivity index is 1.60. The highest BCUT2D eigenvalue weighted by Gasteiger charge is 2.43. The quantitative estimate of drug-likeness (QED) is 0.231. The molecule has 3 heterocycles. The number of pyridine rings is 1. The molecule has 4 rings (SSSR count). The number of nitrogens with one attached hydrogen (secondary N) is 3. The summed E-state index contributed by atoms with van der Waals surface area (Å²) in [5.74, 6) is 5.54. The highest BCUT2D eigenvalue weighted by atomic mass is 19.4. The third-order valence-electron chi connectivity index (χ3n) is 7.27. The number of anilines is 2. The number of piperidine rings is 1. The zero-order chi connectivity index (χ0) is 33.6. The number of aromatic nitrogens is 2. The first-order chi connectivity index (χ1) is 21.6. The van der Waals surface area contributed by atoms with Crippen LogP contribution in [-0.2, 0) is 9.57 Å². The summed E-state index contributed by atoms with van der Waals surface area (Å²) < 4.78 is 50.7. The molecule has 46 heavy (non-hydrogen) atoms.